The summed E-state index contributed by atoms with van der Waals surface area (Å²) in [6.07, 6.45) is 5.52. The standard InChI is InChI=1S/C18H23N3O2S2/c1-13-7-9-15(10-8-13)23-11-12-24-18-21-20-17(25-18)19-16(22)14-5-3-2-4-6-14/h7-10,14H,2-6,11-12H2,1H3,(H,19,20,22). The van der Waals surface area contributed by atoms with Crippen molar-refractivity contribution in [2.24, 2.45) is 5.92 Å². The molecule has 2 aromatic rings. The molecule has 0 unspecified atom stereocenters. The van der Waals surface area contributed by atoms with E-state index in [1.54, 1.807) is 11.8 Å². The Hall–Kier alpha value is -1.60. The average Bonchev–Trinajstić information content (AvgIpc) is 3.08. The van der Waals surface area contributed by atoms with Crippen molar-refractivity contribution >= 4 is 34.1 Å². The minimum atomic E-state index is 0.0927. The molecule has 3 rings (SSSR count). The first-order valence-electron chi connectivity index (χ1n) is 8.67. The molecule has 0 radical (unpaired) electrons. The minimum Gasteiger partial charge on any atom is -0.493 e. The average molecular weight is 378 g/mol. The van der Waals surface area contributed by atoms with Gasteiger partial charge >= 0.3 is 0 Å². The van der Waals surface area contributed by atoms with Crippen molar-refractivity contribution in [2.75, 3.05) is 17.7 Å². The number of amides is 1. The summed E-state index contributed by atoms with van der Waals surface area (Å²) in [6.45, 7) is 2.66. The molecule has 1 aromatic heterocycles. The van der Waals surface area contributed by atoms with Crippen LogP contribution in [0.25, 0.3) is 0 Å². The molecule has 1 aliphatic carbocycles. The van der Waals surface area contributed by atoms with Gasteiger partial charge in [0.1, 0.15) is 5.75 Å². The molecule has 1 N–H and O–H groups in total. The topological polar surface area (TPSA) is 64.1 Å². The molecule has 5 nitrogen and oxygen atoms in total. The quantitative estimate of drug-likeness (QED) is 0.436. The van der Waals surface area contributed by atoms with Crippen molar-refractivity contribution < 1.29 is 9.53 Å². The largest absolute Gasteiger partial charge is 0.493 e. The highest BCUT2D eigenvalue weighted by Gasteiger charge is 2.22. The molecule has 0 bridgehead atoms. The molecule has 1 saturated carbocycles. The number of aryl methyl sites for hydroxylation is 1. The summed E-state index contributed by atoms with van der Waals surface area (Å²) in [6, 6.07) is 8.02. The first-order valence-corrected chi connectivity index (χ1v) is 10.5. The summed E-state index contributed by atoms with van der Waals surface area (Å²) < 4.78 is 6.55. The van der Waals surface area contributed by atoms with E-state index >= 15 is 0 Å². The Balaban J connectivity index is 1.39. The second kappa shape index (κ2) is 9.20. The summed E-state index contributed by atoms with van der Waals surface area (Å²) >= 11 is 3.02. The third kappa shape index (κ3) is 5.71. The number of carbonyl (C=O) groups is 1. The Morgan fingerprint density at radius 1 is 1.24 bits per heavy atom. The van der Waals surface area contributed by atoms with Gasteiger partial charge in [-0.25, -0.2) is 0 Å². The molecule has 1 fully saturated rings. The van der Waals surface area contributed by atoms with Crippen LogP contribution >= 0.6 is 23.1 Å². The van der Waals surface area contributed by atoms with E-state index in [9.17, 15) is 4.79 Å². The first-order chi connectivity index (χ1) is 12.2. The fourth-order valence-corrected chi connectivity index (χ4v) is 4.46. The summed E-state index contributed by atoms with van der Waals surface area (Å²) in [7, 11) is 0. The zero-order valence-corrected chi connectivity index (χ0v) is 16.0. The number of carbonyl (C=O) groups excluding carboxylic acids is 1. The van der Waals surface area contributed by atoms with Crippen molar-refractivity contribution in [1.82, 2.24) is 10.2 Å². The Bertz CT molecular complexity index is 682. The third-order valence-electron chi connectivity index (χ3n) is 4.21. The third-order valence-corrected chi connectivity index (χ3v) is 6.15. The van der Waals surface area contributed by atoms with Gasteiger partial charge in [-0.2, -0.15) is 0 Å². The van der Waals surface area contributed by atoms with Crippen LogP contribution in [-0.4, -0.2) is 28.5 Å². The molecular formula is C18H23N3O2S2. The highest BCUT2D eigenvalue weighted by atomic mass is 32.2. The van der Waals surface area contributed by atoms with Gasteiger partial charge in [-0.05, 0) is 31.9 Å². The van der Waals surface area contributed by atoms with Gasteiger partial charge in [-0.15, -0.1) is 10.2 Å². The lowest BCUT2D eigenvalue weighted by atomic mass is 9.89. The number of benzene rings is 1. The number of hydrogen-bond donors (Lipinski definition) is 1. The van der Waals surface area contributed by atoms with Gasteiger partial charge < -0.3 is 10.1 Å². The number of thioether (sulfide) groups is 1. The molecule has 7 heteroatoms. The van der Waals surface area contributed by atoms with E-state index in [2.05, 4.69) is 22.4 Å². The molecule has 0 spiro atoms. The predicted molar refractivity (Wildman–Crippen MR) is 103 cm³/mol. The molecule has 0 aliphatic heterocycles. The lowest BCUT2D eigenvalue weighted by Gasteiger charge is -2.19. The van der Waals surface area contributed by atoms with Gasteiger partial charge in [0, 0.05) is 11.7 Å². The van der Waals surface area contributed by atoms with Crippen molar-refractivity contribution in [3.05, 3.63) is 29.8 Å². The number of hydrogen-bond acceptors (Lipinski definition) is 6. The first kappa shape index (κ1) is 18.2. The van der Waals surface area contributed by atoms with Crippen LogP contribution in [0.5, 0.6) is 5.75 Å². The van der Waals surface area contributed by atoms with E-state index in [1.807, 2.05) is 24.3 Å². The van der Waals surface area contributed by atoms with E-state index in [4.69, 9.17) is 4.74 Å². The van der Waals surface area contributed by atoms with Gasteiger partial charge in [0.05, 0.1) is 6.61 Å². The van der Waals surface area contributed by atoms with Crippen LogP contribution in [-0.2, 0) is 4.79 Å². The summed E-state index contributed by atoms with van der Waals surface area (Å²) in [5.41, 5.74) is 1.22. The Morgan fingerprint density at radius 3 is 2.76 bits per heavy atom. The number of nitrogens with one attached hydrogen (secondary N) is 1. The van der Waals surface area contributed by atoms with E-state index in [1.165, 1.54) is 23.3 Å². The molecular weight excluding hydrogens is 354 g/mol. The highest BCUT2D eigenvalue weighted by Crippen LogP contribution is 2.28. The fourth-order valence-electron chi connectivity index (χ4n) is 2.81. The van der Waals surface area contributed by atoms with Crippen LogP contribution in [0.15, 0.2) is 28.6 Å². The van der Waals surface area contributed by atoms with Crippen LogP contribution in [0.4, 0.5) is 5.13 Å². The van der Waals surface area contributed by atoms with Gasteiger partial charge in [0.15, 0.2) is 4.34 Å². The number of ether oxygens (including phenoxy) is 1. The van der Waals surface area contributed by atoms with E-state index < -0.39 is 0 Å². The maximum absolute atomic E-state index is 12.2. The molecule has 1 aliphatic rings. The Morgan fingerprint density at radius 2 is 2.00 bits per heavy atom. The van der Waals surface area contributed by atoms with Crippen molar-refractivity contribution in [2.45, 2.75) is 43.4 Å². The summed E-state index contributed by atoms with van der Waals surface area (Å²) in [4.78, 5) is 12.2. The van der Waals surface area contributed by atoms with Gasteiger partial charge in [0.25, 0.3) is 0 Å². The maximum atomic E-state index is 12.2. The van der Waals surface area contributed by atoms with Gasteiger partial charge in [0.2, 0.25) is 11.0 Å². The smallest absolute Gasteiger partial charge is 0.229 e. The Kier molecular flexibility index (Phi) is 6.69. The van der Waals surface area contributed by atoms with Crippen LogP contribution in [0, 0.1) is 12.8 Å². The van der Waals surface area contributed by atoms with Gasteiger partial charge in [-0.1, -0.05) is 60.1 Å². The molecule has 1 aromatic carbocycles. The SMILES string of the molecule is Cc1ccc(OCCSc2nnc(NC(=O)C3CCCCC3)s2)cc1. The molecule has 25 heavy (non-hydrogen) atoms. The monoisotopic (exact) mass is 377 g/mol. The molecule has 0 atom stereocenters. The number of rotatable bonds is 7. The zero-order chi connectivity index (χ0) is 17.5. The normalized spacial score (nSPS) is 15.1. The van der Waals surface area contributed by atoms with Crippen LogP contribution in [0.3, 0.4) is 0 Å². The molecule has 0 saturated heterocycles. The second-order valence-electron chi connectivity index (χ2n) is 6.21. The summed E-state index contributed by atoms with van der Waals surface area (Å²) in [5, 5.41) is 11.7. The highest BCUT2D eigenvalue weighted by molar-refractivity contribution is 8.01. The maximum Gasteiger partial charge on any atom is 0.229 e. The lowest BCUT2D eigenvalue weighted by Crippen LogP contribution is -2.24. The lowest BCUT2D eigenvalue weighted by molar-refractivity contribution is -0.120. The fraction of sp³-hybridized carbons (Fsp3) is 0.500. The Labute approximate surface area is 156 Å². The van der Waals surface area contributed by atoms with Crippen LogP contribution < -0.4 is 10.1 Å². The van der Waals surface area contributed by atoms with Crippen molar-refractivity contribution in [3.63, 3.8) is 0 Å². The minimum absolute atomic E-state index is 0.0927. The van der Waals surface area contributed by atoms with E-state index in [0.717, 1.165) is 41.5 Å². The van der Waals surface area contributed by atoms with Crippen LogP contribution in [0.1, 0.15) is 37.7 Å². The van der Waals surface area contributed by atoms with Crippen molar-refractivity contribution in [1.29, 1.82) is 0 Å². The number of aromatic nitrogens is 2. The zero-order valence-electron chi connectivity index (χ0n) is 14.4. The molecule has 1 amide bonds. The van der Waals surface area contributed by atoms with Crippen molar-refractivity contribution in [3.8, 4) is 5.75 Å². The second-order valence-corrected chi connectivity index (χ2v) is 8.53. The predicted octanol–water partition coefficient (Wildman–Crippen LogP) is 4.54. The number of anilines is 1. The van der Waals surface area contributed by atoms with E-state index in [-0.39, 0.29) is 11.8 Å². The molecule has 1 heterocycles. The number of nitrogens with zero attached hydrogens (tertiary/aromatic N) is 2. The van der Waals surface area contributed by atoms with Crippen LogP contribution in [0.2, 0.25) is 0 Å². The summed E-state index contributed by atoms with van der Waals surface area (Å²) in [5.74, 6) is 1.90. The van der Waals surface area contributed by atoms with E-state index in [0.29, 0.717) is 11.7 Å². The van der Waals surface area contributed by atoms with Gasteiger partial charge in [-0.3, -0.25) is 4.79 Å². The molecule has 134 valence electrons.